The maximum atomic E-state index is 14.5. The van der Waals surface area contributed by atoms with E-state index in [1.54, 1.807) is 60.3 Å². The lowest BCUT2D eigenvalue weighted by Crippen LogP contribution is -2.59. The topological polar surface area (TPSA) is 99.6 Å². The van der Waals surface area contributed by atoms with E-state index in [0.717, 1.165) is 6.42 Å². The van der Waals surface area contributed by atoms with Gasteiger partial charge in [0.15, 0.2) is 0 Å². The number of fused-ring (bicyclic) bond motifs is 1. The zero-order chi connectivity index (χ0) is 28.5. The number of aliphatic hydroxyl groups is 1. The minimum absolute atomic E-state index is 0.172. The van der Waals surface area contributed by atoms with Crippen molar-refractivity contribution >= 4 is 39.3 Å². The van der Waals surface area contributed by atoms with Crippen LogP contribution in [0.25, 0.3) is 0 Å². The second-order valence-electron chi connectivity index (χ2n) is 10.4. The van der Waals surface area contributed by atoms with E-state index < -0.39 is 35.6 Å². The number of amides is 3. The normalized spacial score (nSPS) is 29.6. The number of carbonyl (C=O) groups is 3. The molecule has 7 atom stereocenters. The third-order valence-electron chi connectivity index (χ3n) is 8.10. The average Bonchev–Trinajstić information content (AvgIpc) is 3.53. The Kier molecular flexibility index (Phi) is 8.88. The smallest absolute Gasteiger partial charge is 0.253 e. The molecule has 1 N–H and O–H groups in total. The Balaban J connectivity index is 1.80. The van der Waals surface area contributed by atoms with Crippen molar-refractivity contribution in [3.8, 4) is 5.75 Å². The molecule has 3 fully saturated rings. The summed E-state index contributed by atoms with van der Waals surface area (Å²) in [7, 11) is 1.57. The lowest BCUT2D eigenvalue weighted by atomic mass is 9.70. The van der Waals surface area contributed by atoms with E-state index in [-0.39, 0.29) is 35.7 Å². The molecule has 1 aromatic carbocycles. The van der Waals surface area contributed by atoms with E-state index in [1.165, 1.54) is 4.90 Å². The molecule has 1 aromatic rings. The highest BCUT2D eigenvalue weighted by molar-refractivity contribution is 9.09. The Hall–Kier alpha value is -2.69. The molecule has 3 aliphatic rings. The standard InChI is InChI=1S/C29H38BrN3O6/c1-6-13-31(14-7-2)26(35)22-23-27(36)33(18(4)17-34)25(29(23)16-21(30)24(22)39-29)28(37)32(15-8-3)19-9-11-20(38-5)12-10-19/h6,8-12,18,21-25,34H,1,3,7,13-17H2,2,4-5H3/t18-,21?,22+,23+,24+,25?,29?/m1/s1. The van der Waals surface area contributed by atoms with Crippen molar-refractivity contribution in [3.63, 3.8) is 0 Å². The van der Waals surface area contributed by atoms with Gasteiger partial charge in [-0.15, -0.1) is 13.2 Å². The predicted molar refractivity (Wildman–Crippen MR) is 152 cm³/mol. The van der Waals surface area contributed by atoms with Crippen LogP contribution >= 0.6 is 15.9 Å². The van der Waals surface area contributed by atoms with Crippen LogP contribution in [0.3, 0.4) is 0 Å². The number of ether oxygens (including phenoxy) is 2. The number of benzene rings is 1. The lowest BCUT2D eigenvalue weighted by Gasteiger charge is -2.38. The number of hydrogen-bond donors (Lipinski definition) is 1. The number of hydrogen-bond acceptors (Lipinski definition) is 6. The predicted octanol–water partition coefficient (Wildman–Crippen LogP) is 2.77. The van der Waals surface area contributed by atoms with E-state index in [1.807, 2.05) is 6.92 Å². The summed E-state index contributed by atoms with van der Waals surface area (Å²) in [4.78, 5) is 47.1. The van der Waals surface area contributed by atoms with Gasteiger partial charge < -0.3 is 29.3 Å². The molecule has 10 heteroatoms. The van der Waals surface area contributed by atoms with Crippen LogP contribution in [-0.4, -0.2) is 94.6 Å². The monoisotopic (exact) mass is 603 g/mol. The second-order valence-corrected chi connectivity index (χ2v) is 11.6. The number of carbonyl (C=O) groups excluding carboxylic acids is 3. The lowest BCUT2D eigenvalue weighted by molar-refractivity contribution is -0.147. The van der Waals surface area contributed by atoms with Gasteiger partial charge >= 0.3 is 0 Å². The molecular formula is C29H38BrN3O6. The highest BCUT2D eigenvalue weighted by Crippen LogP contribution is 2.60. The van der Waals surface area contributed by atoms with Crippen molar-refractivity contribution in [2.45, 2.75) is 55.3 Å². The number of nitrogens with zero attached hydrogens (tertiary/aromatic N) is 3. The minimum atomic E-state index is -1.21. The van der Waals surface area contributed by atoms with Crippen LogP contribution in [0.15, 0.2) is 49.6 Å². The molecule has 39 heavy (non-hydrogen) atoms. The van der Waals surface area contributed by atoms with E-state index in [2.05, 4.69) is 29.1 Å². The van der Waals surface area contributed by atoms with Gasteiger partial charge in [-0.1, -0.05) is 35.0 Å². The quantitative estimate of drug-likeness (QED) is 0.291. The summed E-state index contributed by atoms with van der Waals surface area (Å²) in [6, 6.07) is 5.39. The van der Waals surface area contributed by atoms with Gasteiger partial charge in [-0.3, -0.25) is 14.4 Å². The third-order valence-corrected chi connectivity index (χ3v) is 8.95. The fourth-order valence-electron chi connectivity index (χ4n) is 6.48. The van der Waals surface area contributed by atoms with Gasteiger partial charge in [-0.05, 0) is 44.0 Å². The van der Waals surface area contributed by atoms with E-state index in [0.29, 0.717) is 30.9 Å². The van der Waals surface area contributed by atoms with Crippen molar-refractivity contribution in [1.82, 2.24) is 9.80 Å². The molecule has 0 aromatic heterocycles. The first kappa shape index (κ1) is 29.3. The maximum Gasteiger partial charge on any atom is 0.253 e. The second kappa shape index (κ2) is 11.8. The van der Waals surface area contributed by atoms with Crippen LogP contribution in [-0.2, 0) is 19.1 Å². The van der Waals surface area contributed by atoms with Gasteiger partial charge in [0.2, 0.25) is 11.8 Å². The Labute approximate surface area is 238 Å². The number of rotatable bonds is 12. The van der Waals surface area contributed by atoms with Crippen LogP contribution in [0.4, 0.5) is 5.69 Å². The number of likely N-dealkylation sites (tertiary alicyclic amines) is 1. The molecule has 0 saturated carbocycles. The number of methoxy groups -OCH3 is 1. The van der Waals surface area contributed by atoms with Crippen molar-refractivity contribution in [2.24, 2.45) is 11.8 Å². The molecule has 3 amide bonds. The van der Waals surface area contributed by atoms with Crippen molar-refractivity contribution in [2.75, 3.05) is 38.3 Å². The molecule has 0 aliphatic carbocycles. The maximum absolute atomic E-state index is 14.5. The molecule has 3 aliphatic heterocycles. The fraction of sp³-hybridized carbons (Fsp3) is 0.552. The van der Waals surface area contributed by atoms with Crippen LogP contribution in [0.1, 0.15) is 26.7 Å². The SMILES string of the molecule is C=CCN(CCC)C(=O)[C@H]1[C@H]2C(=O)N([C@H](C)CO)C(C(=O)N(CC=C)c3ccc(OC)cc3)C23CC(Br)[C@@H]1O3. The molecule has 3 heterocycles. The number of anilines is 1. The largest absolute Gasteiger partial charge is 0.497 e. The Bertz CT molecular complexity index is 1110. The van der Waals surface area contributed by atoms with Gasteiger partial charge in [-0.25, -0.2) is 0 Å². The van der Waals surface area contributed by atoms with Crippen LogP contribution in [0, 0.1) is 11.8 Å². The number of alkyl halides is 1. The van der Waals surface area contributed by atoms with Crippen LogP contribution in [0.5, 0.6) is 5.75 Å². The molecule has 1 spiro atoms. The summed E-state index contributed by atoms with van der Waals surface area (Å²) in [5.41, 5.74) is -0.602. The van der Waals surface area contributed by atoms with Gasteiger partial charge in [0.25, 0.3) is 5.91 Å². The first-order valence-corrected chi connectivity index (χ1v) is 14.3. The highest BCUT2D eigenvalue weighted by Gasteiger charge is 2.77. The first-order chi connectivity index (χ1) is 18.7. The summed E-state index contributed by atoms with van der Waals surface area (Å²) < 4.78 is 11.9. The van der Waals surface area contributed by atoms with Gasteiger partial charge in [0.05, 0.1) is 37.7 Å². The number of aliphatic hydroxyl groups excluding tert-OH is 1. The molecule has 3 saturated heterocycles. The minimum Gasteiger partial charge on any atom is -0.497 e. The Morgan fingerprint density at radius 2 is 1.92 bits per heavy atom. The van der Waals surface area contributed by atoms with Gasteiger partial charge in [0, 0.05) is 30.1 Å². The summed E-state index contributed by atoms with van der Waals surface area (Å²) in [5.74, 6) is -1.79. The molecule has 4 rings (SSSR count). The zero-order valence-corrected chi connectivity index (χ0v) is 24.4. The fourth-order valence-corrected chi connectivity index (χ4v) is 7.42. The van der Waals surface area contributed by atoms with Crippen molar-refractivity contribution < 1.29 is 29.0 Å². The average molecular weight is 605 g/mol. The molecule has 9 nitrogen and oxygen atoms in total. The van der Waals surface area contributed by atoms with Gasteiger partial charge in [0.1, 0.15) is 17.4 Å². The Morgan fingerprint density at radius 3 is 2.49 bits per heavy atom. The molecular weight excluding hydrogens is 566 g/mol. The highest BCUT2D eigenvalue weighted by atomic mass is 79.9. The zero-order valence-electron chi connectivity index (χ0n) is 22.8. The van der Waals surface area contributed by atoms with E-state index in [9.17, 15) is 19.5 Å². The van der Waals surface area contributed by atoms with Crippen LogP contribution < -0.4 is 9.64 Å². The molecule has 212 valence electrons. The van der Waals surface area contributed by atoms with Crippen LogP contribution in [0.2, 0.25) is 0 Å². The summed E-state index contributed by atoms with van der Waals surface area (Å²) in [6.45, 7) is 12.1. The number of halogens is 1. The van der Waals surface area contributed by atoms with Crippen molar-refractivity contribution in [1.29, 1.82) is 0 Å². The van der Waals surface area contributed by atoms with Gasteiger partial charge in [-0.2, -0.15) is 0 Å². The molecule has 2 bridgehead atoms. The van der Waals surface area contributed by atoms with Crippen molar-refractivity contribution in [3.05, 3.63) is 49.6 Å². The van der Waals surface area contributed by atoms with E-state index in [4.69, 9.17) is 9.47 Å². The summed E-state index contributed by atoms with van der Waals surface area (Å²) in [5, 5.41) is 10.1. The summed E-state index contributed by atoms with van der Waals surface area (Å²) >= 11 is 3.71. The Morgan fingerprint density at radius 1 is 1.26 bits per heavy atom. The third kappa shape index (κ3) is 4.80. The molecule has 0 radical (unpaired) electrons. The van der Waals surface area contributed by atoms with E-state index >= 15 is 0 Å². The summed E-state index contributed by atoms with van der Waals surface area (Å²) in [6.07, 6.45) is 3.90. The first-order valence-electron chi connectivity index (χ1n) is 13.4. The molecule has 3 unspecified atom stereocenters.